The highest BCUT2D eigenvalue weighted by molar-refractivity contribution is 5.05. The molecular weight excluding hydrogens is 248 g/mol. The van der Waals surface area contributed by atoms with Gasteiger partial charge in [0.2, 0.25) is 0 Å². The summed E-state index contributed by atoms with van der Waals surface area (Å²) < 4.78 is 1.98. The van der Waals surface area contributed by atoms with Crippen LogP contribution in [0.2, 0.25) is 0 Å². The van der Waals surface area contributed by atoms with E-state index in [0.717, 1.165) is 30.9 Å². The molecule has 1 saturated carbocycles. The highest BCUT2D eigenvalue weighted by Gasteiger charge is 2.31. The molecule has 2 atom stereocenters. The summed E-state index contributed by atoms with van der Waals surface area (Å²) in [5, 5.41) is 15.5. The van der Waals surface area contributed by atoms with Gasteiger partial charge in [-0.3, -0.25) is 4.68 Å². The topological polar surface area (TPSA) is 38.0 Å². The van der Waals surface area contributed by atoms with Crippen molar-refractivity contribution >= 4 is 0 Å². The lowest BCUT2D eigenvalue weighted by molar-refractivity contribution is 0.0230. The zero-order valence-electron chi connectivity index (χ0n) is 13.3. The third-order valence-electron chi connectivity index (χ3n) is 4.67. The Bertz CT molecular complexity index is 413. The third kappa shape index (κ3) is 4.08. The van der Waals surface area contributed by atoms with Gasteiger partial charge in [-0.2, -0.15) is 5.10 Å². The molecule has 2 unspecified atom stereocenters. The van der Waals surface area contributed by atoms with E-state index in [0.29, 0.717) is 12.5 Å². The molecule has 1 aliphatic rings. The van der Waals surface area contributed by atoms with Crippen LogP contribution < -0.4 is 0 Å². The van der Waals surface area contributed by atoms with Gasteiger partial charge in [-0.05, 0) is 45.1 Å². The molecule has 0 aromatic carbocycles. The molecule has 0 spiro atoms. The van der Waals surface area contributed by atoms with E-state index in [2.05, 4.69) is 31.9 Å². The second-order valence-corrected chi connectivity index (χ2v) is 6.87. The van der Waals surface area contributed by atoms with Crippen molar-refractivity contribution in [3.63, 3.8) is 0 Å². The Morgan fingerprint density at radius 3 is 2.85 bits per heavy atom. The van der Waals surface area contributed by atoms with Gasteiger partial charge in [0.25, 0.3) is 0 Å². The van der Waals surface area contributed by atoms with Gasteiger partial charge in [-0.1, -0.05) is 32.6 Å². The maximum atomic E-state index is 10.9. The quantitative estimate of drug-likeness (QED) is 0.823. The van der Waals surface area contributed by atoms with Crippen molar-refractivity contribution in [2.45, 2.75) is 83.8 Å². The van der Waals surface area contributed by atoms with Gasteiger partial charge < -0.3 is 5.11 Å². The molecule has 114 valence electrons. The Kier molecular flexibility index (Phi) is 5.25. The van der Waals surface area contributed by atoms with Crippen molar-refractivity contribution in [2.24, 2.45) is 5.92 Å². The average Bonchev–Trinajstić information content (AvgIpc) is 2.77. The lowest BCUT2D eigenvalue weighted by Crippen LogP contribution is -2.31. The van der Waals surface area contributed by atoms with Crippen molar-refractivity contribution < 1.29 is 5.11 Å². The zero-order valence-corrected chi connectivity index (χ0v) is 13.3. The Morgan fingerprint density at radius 2 is 2.20 bits per heavy atom. The zero-order chi connectivity index (χ0) is 14.6. The van der Waals surface area contributed by atoms with E-state index in [1.54, 1.807) is 0 Å². The van der Waals surface area contributed by atoms with Crippen LogP contribution >= 0.6 is 0 Å². The number of hydrogen-bond acceptors (Lipinski definition) is 2. The van der Waals surface area contributed by atoms with Crippen LogP contribution in [-0.4, -0.2) is 20.5 Å². The summed E-state index contributed by atoms with van der Waals surface area (Å²) in [7, 11) is 0. The Balaban J connectivity index is 1.96. The molecule has 20 heavy (non-hydrogen) atoms. The summed E-state index contributed by atoms with van der Waals surface area (Å²) in [4.78, 5) is 0. The molecule has 0 radical (unpaired) electrons. The predicted molar refractivity (Wildman–Crippen MR) is 82.7 cm³/mol. The smallest absolute Gasteiger partial charge is 0.0703 e. The second kappa shape index (κ2) is 6.75. The first kappa shape index (κ1) is 15.6. The highest BCUT2D eigenvalue weighted by Crippen LogP contribution is 2.34. The van der Waals surface area contributed by atoms with Crippen LogP contribution in [0.5, 0.6) is 0 Å². The summed E-state index contributed by atoms with van der Waals surface area (Å²) in [5.41, 5.74) is 0.508. The van der Waals surface area contributed by atoms with Crippen molar-refractivity contribution in [1.82, 2.24) is 9.78 Å². The minimum absolute atomic E-state index is 0.390. The van der Waals surface area contributed by atoms with Crippen molar-refractivity contribution in [3.05, 3.63) is 18.0 Å². The summed E-state index contributed by atoms with van der Waals surface area (Å²) in [6.07, 6.45) is 10.8. The van der Waals surface area contributed by atoms with E-state index < -0.39 is 5.60 Å². The number of nitrogens with zero attached hydrogens (tertiary/aromatic N) is 2. The summed E-state index contributed by atoms with van der Waals surface area (Å²) in [6.45, 7) is 6.52. The molecule has 2 rings (SSSR count). The summed E-state index contributed by atoms with van der Waals surface area (Å²) in [6, 6.07) is 2.45. The fourth-order valence-corrected chi connectivity index (χ4v) is 3.43. The van der Waals surface area contributed by atoms with Crippen molar-refractivity contribution in [3.8, 4) is 0 Å². The SMILES string of the molecule is CCCC1CCCC(O)(Cc2ccn(C(C)C)n2)CC1. The Morgan fingerprint density at radius 1 is 1.40 bits per heavy atom. The fourth-order valence-electron chi connectivity index (χ4n) is 3.43. The van der Waals surface area contributed by atoms with E-state index in [-0.39, 0.29) is 0 Å². The molecule has 0 aliphatic heterocycles. The third-order valence-corrected chi connectivity index (χ3v) is 4.67. The predicted octanol–water partition coefficient (Wildman–Crippen LogP) is 4.12. The van der Waals surface area contributed by atoms with E-state index >= 15 is 0 Å². The Hall–Kier alpha value is -0.830. The van der Waals surface area contributed by atoms with E-state index in [4.69, 9.17) is 0 Å². The van der Waals surface area contributed by atoms with Crippen LogP contribution in [0, 0.1) is 5.92 Å². The van der Waals surface area contributed by atoms with Crippen LogP contribution in [0.1, 0.15) is 77.5 Å². The highest BCUT2D eigenvalue weighted by atomic mass is 16.3. The summed E-state index contributed by atoms with van der Waals surface area (Å²) in [5.74, 6) is 0.822. The Labute approximate surface area is 123 Å². The first-order valence-corrected chi connectivity index (χ1v) is 8.29. The summed E-state index contributed by atoms with van der Waals surface area (Å²) >= 11 is 0. The molecule has 0 bridgehead atoms. The minimum atomic E-state index is -0.529. The lowest BCUT2D eigenvalue weighted by atomic mass is 9.88. The average molecular weight is 278 g/mol. The normalized spacial score (nSPS) is 27.8. The van der Waals surface area contributed by atoms with Crippen molar-refractivity contribution in [1.29, 1.82) is 0 Å². The van der Waals surface area contributed by atoms with Gasteiger partial charge in [-0.15, -0.1) is 0 Å². The van der Waals surface area contributed by atoms with Crippen LogP contribution in [0.25, 0.3) is 0 Å². The van der Waals surface area contributed by atoms with Crippen LogP contribution in [0.3, 0.4) is 0 Å². The van der Waals surface area contributed by atoms with Gasteiger partial charge >= 0.3 is 0 Å². The van der Waals surface area contributed by atoms with Gasteiger partial charge in [0.1, 0.15) is 0 Å². The molecule has 0 saturated heterocycles. The van der Waals surface area contributed by atoms with E-state index in [1.807, 2.05) is 10.9 Å². The van der Waals surface area contributed by atoms with Crippen molar-refractivity contribution in [2.75, 3.05) is 0 Å². The molecule has 1 aliphatic carbocycles. The molecule has 0 amide bonds. The molecule has 1 heterocycles. The van der Waals surface area contributed by atoms with E-state index in [9.17, 15) is 5.11 Å². The van der Waals surface area contributed by atoms with Gasteiger partial charge in [0.15, 0.2) is 0 Å². The maximum Gasteiger partial charge on any atom is 0.0703 e. The first-order chi connectivity index (χ1) is 9.52. The molecule has 3 nitrogen and oxygen atoms in total. The van der Waals surface area contributed by atoms with Gasteiger partial charge in [0.05, 0.1) is 11.3 Å². The monoisotopic (exact) mass is 278 g/mol. The first-order valence-electron chi connectivity index (χ1n) is 8.29. The van der Waals surface area contributed by atoms with Crippen LogP contribution in [0.4, 0.5) is 0 Å². The van der Waals surface area contributed by atoms with Gasteiger partial charge in [-0.25, -0.2) is 0 Å². The number of aliphatic hydroxyl groups is 1. The second-order valence-electron chi connectivity index (χ2n) is 6.87. The number of hydrogen-bond donors (Lipinski definition) is 1. The molecule has 1 aromatic rings. The molecule has 1 aromatic heterocycles. The fraction of sp³-hybridized carbons (Fsp3) is 0.824. The molecule has 3 heteroatoms. The number of aromatic nitrogens is 2. The standard InChI is InChI=1S/C17H30N2O/c1-4-6-15-7-5-10-17(20,11-8-15)13-16-9-12-19(18-16)14(2)3/h9,12,14-15,20H,4-8,10-11,13H2,1-3H3. The van der Waals surface area contributed by atoms with Crippen LogP contribution in [-0.2, 0) is 6.42 Å². The molecule has 1 fully saturated rings. The van der Waals surface area contributed by atoms with Gasteiger partial charge in [0, 0.05) is 18.7 Å². The number of rotatable bonds is 5. The molecule has 1 N–H and O–H groups in total. The maximum absolute atomic E-state index is 10.9. The van der Waals surface area contributed by atoms with Crippen LogP contribution in [0.15, 0.2) is 12.3 Å². The molecular formula is C17H30N2O. The minimum Gasteiger partial charge on any atom is -0.389 e. The lowest BCUT2D eigenvalue weighted by Gasteiger charge is -2.26. The largest absolute Gasteiger partial charge is 0.389 e. The van der Waals surface area contributed by atoms with E-state index in [1.165, 1.54) is 25.7 Å².